The first-order chi connectivity index (χ1) is 10.4. The molecule has 5 nitrogen and oxygen atoms in total. The molecular weight excluding hydrogens is 306 g/mol. The van der Waals surface area contributed by atoms with Crippen LogP contribution < -0.4 is 4.74 Å². The minimum absolute atomic E-state index is 0.139. The van der Waals surface area contributed by atoms with Gasteiger partial charge < -0.3 is 14.7 Å². The number of carboxylic acids is 1. The van der Waals surface area contributed by atoms with Crippen LogP contribution in [0.2, 0.25) is 5.02 Å². The number of ether oxygens (including phenoxy) is 1. The minimum atomic E-state index is -0.901. The fourth-order valence-corrected chi connectivity index (χ4v) is 2.39. The molecule has 0 saturated heterocycles. The fraction of sp³-hybridized carbons (Fsp3) is 0.500. The summed E-state index contributed by atoms with van der Waals surface area (Å²) in [7, 11) is 0. The number of carboxylic acid groups (broad SMARTS) is 1. The van der Waals surface area contributed by atoms with Gasteiger partial charge in [-0.25, -0.2) is 0 Å². The van der Waals surface area contributed by atoms with E-state index in [2.05, 4.69) is 0 Å². The maximum absolute atomic E-state index is 12.5. The Labute approximate surface area is 134 Å². The van der Waals surface area contributed by atoms with Crippen molar-refractivity contribution >= 4 is 23.5 Å². The Balaban J connectivity index is 2.01. The maximum Gasteiger partial charge on any atom is 0.308 e. The SMILES string of the molecule is CC(CN(C(=O)C(C)Oc1cccc(Cl)c1)C1CC1)C(=O)O. The second kappa shape index (κ2) is 7.01. The van der Waals surface area contributed by atoms with E-state index in [1.165, 1.54) is 0 Å². The molecule has 1 aliphatic rings. The Morgan fingerprint density at radius 2 is 2.09 bits per heavy atom. The summed E-state index contributed by atoms with van der Waals surface area (Å²) in [5, 5.41) is 9.57. The van der Waals surface area contributed by atoms with Crippen LogP contribution in [0.5, 0.6) is 5.75 Å². The van der Waals surface area contributed by atoms with Crippen molar-refractivity contribution in [2.75, 3.05) is 6.54 Å². The van der Waals surface area contributed by atoms with Crippen LogP contribution >= 0.6 is 11.6 Å². The number of halogens is 1. The second-order valence-electron chi connectivity index (χ2n) is 5.68. The van der Waals surface area contributed by atoms with Crippen LogP contribution in [-0.4, -0.2) is 40.6 Å². The topological polar surface area (TPSA) is 66.8 Å². The van der Waals surface area contributed by atoms with Gasteiger partial charge in [0.05, 0.1) is 5.92 Å². The zero-order valence-electron chi connectivity index (χ0n) is 12.7. The van der Waals surface area contributed by atoms with Gasteiger partial charge in [-0.1, -0.05) is 24.6 Å². The number of amides is 1. The molecule has 22 heavy (non-hydrogen) atoms. The Morgan fingerprint density at radius 3 is 2.64 bits per heavy atom. The highest BCUT2D eigenvalue weighted by Crippen LogP contribution is 2.29. The summed E-state index contributed by atoms with van der Waals surface area (Å²) in [6.07, 6.45) is 1.16. The molecule has 1 aromatic rings. The predicted octanol–water partition coefficient (Wildman–Crippen LogP) is 2.82. The third-order valence-electron chi connectivity index (χ3n) is 3.62. The van der Waals surface area contributed by atoms with E-state index in [0.717, 1.165) is 12.8 Å². The summed E-state index contributed by atoms with van der Waals surface area (Å²) in [5.74, 6) is -1.16. The second-order valence-corrected chi connectivity index (χ2v) is 6.11. The largest absolute Gasteiger partial charge is 0.481 e. The van der Waals surface area contributed by atoms with Gasteiger partial charge in [-0.05, 0) is 38.0 Å². The van der Waals surface area contributed by atoms with Gasteiger partial charge in [-0.2, -0.15) is 0 Å². The van der Waals surface area contributed by atoms with Crippen LogP contribution in [0, 0.1) is 5.92 Å². The van der Waals surface area contributed by atoms with E-state index < -0.39 is 18.0 Å². The summed E-state index contributed by atoms with van der Waals surface area (Å²) < 4.78 is 5.63. The summed E-state index contributed by atoms with van der Waals surface area (Å²) in [4.78, 5) is 25.2. The fourth-order valence-electron chi connectivity index (χ4n) is 2.21. The van der Waals surface area contributed by atoms with Crippen LogP contribution in [0.3, 0.4) is 0 Å². The van der Waals surface area contributed by atoms with Crippen LogP contribution in [0.4, 0.5) is 0 Å². The standard InChI is InChI=1S/C16H20ClNO4/c1-10(16(20)21)9-18(13-6-7-13)15(19)11(2)22-14-5-3-4-12(17)8-14/h3-5,8,10-11,13H,6-7,9H2,1-2H3,(H,20,21). The molecule has 2 atom stereocenters. The third-order valence-corrected chi connectivity index (χ3v) is 3.85. The summed E-state index contributed by atoms with van der Waals surface area (Å²) in [6, 6.07) is 7.00. The highest BCUT2D eigenvalue weighted by molar-refractivity contribution is 6.30. The molecule has 0 spiro atoms. The van der Waals surface area contributed by atoms with Crippen molar-refractivity contribution in [3.63, 3.8) is 0 Å². The van der Waals surface area contributed by atoms with Crippen LogP contribution in [0.15, 0.2) is 24.3 Å². The van der Waals surface area contributed by atoms with Crippen molar-refractivity contribution in [1.82, 2.24) is 4.90 Å². The Hall–Kier alpha value is -1.75. The number of hydrogen-bond donors (Lipinski definition) is 1. The smallest absolute Gasteiger partial charge is 0.308 e. The number of rotatable bonds is 7. The predicted molar refractivity (Wildman–Crippen MR) is 83.1 cm³/mol. The first-order valence-corrected chi connectivity index (χ1v) is 7.71. The number of carbonyl (C=O) groups excluding carboxylic acids is 1. The highest BCUT2D eigenvalue weighted by atomic mass is 35.5. The normalized spacial score (nSPS) is 16.7. The monoisotopic (exact) mass is 325 g/mol. The van der Waals surface area contributed by atoms with Gasteiger partial charge in [-0.15, -0.1) is 0 Å². The highest BCUT2D eigenvalue weighted by Gasteiger charge is 2.36. The van der Waals surface area contributed by atoms with Gasteiger partial charge in [-0.3, -0.25) is 9.59 Å². The van der Waals surface area contributed by atoms with E-state index >= 15 is 0 Å². The van der Waals surface area contributed by atoms with Crippen molar-refractivity contribution in [3.05, 3.63) is 29.3 Å². The van der Waals surface area contributed by atoms with Crippen LogP contribution in [0.1, 0.15) is 26.7 Å². The van der Waals surface area contributed by atoms with Crippen molar-refractivity contribution in [2.45, 2.75) is 38.8 Å². The van der Waals surface area contributed by atoms with E-state index in [4.69, 9.17) is 21.4 Å². The quantitative estimate of drug-likeness (QED) is 0.837. The molecule has 0 bridgehead atoms. The molecule has 0 aliphatic heterocycles. The third kappa shape index (κ3) is 4.37. The van der Waals surface area contributed by atoms with Gasteiger partial charge >= 0.3 is 5.97 Å². The molecule has 120 valence electrons. The lowest BCUT2D eigenvalue weighted by Crippen LogP contribution is -2.45. The average molecular weight is 326 g/mol. The molecule has 1 fully saturated rings. The van der Waals surface area contributed by atoms with Gasteiger partial charge in [0, 0.05) is 17.6 Å². The van der Waals surface area contributed by atoms with E-state index in [1.54, 1.807) is 43.0 Å². The number of nitrogens with zero attached hydrogens (tertiary/aromatic N) is 1. The van der Waals surface area contributed by atoms with E-state index in [9.17, 15) is 9.59 Å². The Kier molecular flexibility index (Phi) is 5.29. The lowest BCUT2D eigenvalue weighted by Gasteiger charge is -2.27. The lowest BCUT2D eigenvalue weighted by molar-refractivity contribution is -0.145. The van der Waals surface area contributed by atoms with E-state index in [0.29, 0.717) is 10.8 Å². The lowest BCUT2D eigenvalue weighted by atomic mass is 10.1. The molecule has 2 rings (SSSR count). The van der Waals surface area contributed by atoms with Crippen molar-refractivity contribution in [1.29, 1.82) is 0 Å². The molecule has 1 aromatic carbocycles. The first kappa shape index (κ1) is 16.6. The zero-order valence-corrected chi connectivity index (χ0v) is 13.4. The van der Waals surface area contributed by atoms with Crippen molar-refractivity contribution < 1.29 is 19.4 Å². The molecule has 1 aliphatic carbocycles. The maximum atomic E-state index is 12.5. The molecule has 2 unspecified atom stereocenters. The Morgan fingerprint density at radius 1 is 1.41 bits per heavy atom. The number of aliphatic carboxylic acids is 1. The zero-order chi connectivity index (χ0) is 16.3. The van der Waals surface area contributed by atoms with E-state index in [-0.39, 0.29) is 18.5 Å². The summed E-state index contributed by atoms with van der Waals surface area (Å²) >= 11 is 5.89. The summed E-state index contributed by atoms with van der Waals surface area (Å²) in [5.41, 5.74) is 0. The van der Waals surface area contributed by atoms with Gasteiger partial charge in [0.1, 0.15) is 5.75 Å². The summed E-state index contributed by atoms with van der Waals surface area (Å²) in [6.45, 7) is 3.49. The molecule has 1 saturated carbocycles. The molecule has 1 amide bonds. The van der Waals surface area contributed by atoms with Crippen molar-refractivity contribution in [2.24, 2.45) is 5.92 Å². The molecule has 6 heteroatoms. The van der Waals surface area contributed by atoms with Gasteiger partial charge in [0.25, 0.3) is 5.91 Å². The minimum Gasteiger partial charge on any atom is -0.481 e. The molecule has 0 aromatic heterocycles. The molecule has 1 N–H and O–H groups in total. The number of benzene rings is 1. The molecule has 0 heterocycles. The number of carbonyl (C=O) groups is 2. The first-order valence-electron chi connectivity index (χ1n) is 7.34. The Bertz CT molecular complexity index is 559. The van der Waals surface area contributed by atoms with Gasteiger partial charge in [0.2, 0.25) is 0 Å². The van der Waals surface area contributed by atoms with Crippen LogP contribution in [-0.2, 0) is 9.59 Å². The number of hydrogen-bond acceptors (Lipinski definition) is 3. The van der Waals surface area contributed by atoms with Gasteiger partial charge in [0.15, 0.2) is 6.10 Å². The van der Waals surface area contributed by atoms with E-state index in [1.807, 2.05) is 0 Å². The van der Waals surface area contributed by atoms with Crippen LogP contribution in [0.25, 0.3) is 0 Å². The average Bonchev–Trinajstić information content (AvgIpc) is 3.28. The molecular formula is C16H20ClNO4. The molecule has 0 radical (unpaired) electrons. The van der Waals surface area contributed by atoms with Crippen molar-refractivity contribution in [3.8, 4) is 5.75 Å².